The molecule has 10 nitrogen and oxygen atoms in total. The first-order chi connectivity index (χ1) is 19.0. The molecular weight excluding hydrogens is 596 g/mol. The molecule has 0 spiro atoms. The topological polar surface area (TPSA) is 109 Å². The lowest BCUT2D eigenvalue weighted by atomic mass is 10.2. The van der Waals surface area contributed by atoms with E-state index in [1.54, 1.807) is 61.1 Å². The number of halogens is 1. The molecule has 0 bridgehead atoms. The maximum Gasteiger partial charge on any atom is 0.296 e. The fourth-order valence-electron chi connectivity index (χ4n) is 4.16. The van der Waals surface area contributed by atoms with Gasteiger partial charge in [0.05, 0.1) is 28.2 Å². The summed E-state index contributed by atoms with van der Waals surface area (Å²) in [5.74, 6) is -0.714. The second-order valence-electron chi connectivity index (χ2n) is 9.13. The number of rotatable bonds is 9. The Balaban J connectivity index is 1.69. The largest absolute Gasteiger partial charge is 0.377 e. The molecule has 1 amide bonds. The highest BCUT2D eigenvalue weighted by atomic mass is 79.9. The Morgan fingerprint density at radius 3 is 2.25 bits per heavy atom. The molecule has 4 aromatic rings. The molecule has 0 aliphatic rings. The van der Waals surface area contributed by atoms with Crippen molar-refractivity contribution in [3.05, 3.63) is 105 Å². The number of para-hydroxylation sites is 1. The van der Waals surface area contributed by atoms with Gasteiger partial charge >= 0.3 is 0 Å². The van der Waals surface area contributed by atoms with Crippen molar-refractivity contribution in [3.8, 4) is 5.69 Å². The Hall–Kier alpha value is -4.16. The van der Waals surface area contributed by atoms with E-state index in [1.165, 1.54) is 23.0 Å². The molecule has 1 aromatic heterocycles. The third kappa shape index (κ3) is 5.87. The molecule has 1 N–H and O–H groups in total. The monoisotopic (exact) mass is 624 g/mol. The minimum Gasteiger partial charge on any atom is -0.377 e. The zero-order valence-electron chi connectivity index (χ0n) is 22.4. The van der Waals surface area contributed by atoms with Crippen molar-refractivity contribution in [2.45, 2.75) is 11.8 Å². The normalized spacial score (nSPS) is 11.5. The van der Waals surface area contributed by atoms with E-state index < -0.39 is 28.0 Å². The second-order valence-corrected chi connectivity index (χ2v) is 11.8. The molecule has 0 atom stereocenters. The summed E-state index contributed by atoms with van der Waals surface area (Å²) >= 11 is 3.51. The molecule has 4 rings (SSSR count). The van der Waals surface area contributed by atoms with Crippen LogP contribution in [0.2, 0.25) is 0 Å². The maximum absolute atomic E-state index is 13.8. The molecule has 0 radical (unpaired) electrons. The van der Waals surface area contributed by atoms with Crippen molar-refractivity contribution in [1.29, 1.82) is 0 Å². The SMILES string of the molecule is Cc1c(N(CC(=O)N/N=C\c2ccc(N(C)C)c(Br)c2)S(=O)(=O)c2ccccc2)c(=O)n(-c2ccccc2)n1C. The summed E-state index contributed by atoms with van der Waals surface area (Å²) in [7, 11) is 1.21. The van der Waals surface area contributed by atoms with E-state index in [0.717, 1.165) is 20.0 Å². The third-order valence-electron chi connectivity index (χ3n) is 6.25. The Morgan fingerprint density at radius 2 is 1.65 bits per heavy atom. The van der Waals surface area contributed by atoms with Crippen LogP contribution in [0.4, 0.5) is 11.4 Å². The number of aromatic nitrogens is 2. The average Bonchev–Trinajstić information content (AvgIpc) is 3.15. The highest BCUT2D eigenvalue weighted by Crippen LogP contribution is 2.26. The van der Waals surface area contributed by atoms with Gasteiger partial charge in [0.25, 0.3) is 21.5 Å². The van der Waals surface area contributed by atoms with Gasteiger partial charge in [-0.15, -0.1) is 0 Å². The summed E-state index contributed by atoms with van der Waals surface area (Å²) in [5.41, 5.74) is 4.30. The lowest BCUT2D eigenvalue weighted by molar-refractivity contribution is -0.119. The predicted molar refractivity (Wildman–Crippen MR) is 161 cm³/mol. The summed E-state index contributed by atoms with van der Waals surface area (Å²) in [5, 5.41) is 4.00. The van der Waals surface area contributed by atoms with Crippen LogP contribution >= 0.6 is 15.9 Å². The smallest absolute Gasteiger partial charge is 0.296 e. The van der Waals surface area contributed by atoms with Crippen LogP contribution < -0.4 is 20.2 Å². The van der Waals surface area contributed by atoms with Crippen molar-refractivity contribution >= 4 is 49.4 Å². The Labute approximate surface area is 241 Å². The van der Waals surface area contributed by atoms with Crippen molar-refractivity contribution < 1.29 is 13.2 Å². The van der Waals surface area contributed by atoms with Crippen LogP contribution in [0.3, 0.4) is 0 Å². The average molecular weight is 626 g/mol. The van der Waals surface area contributed by atoms with Gasteiger partial charge in [-0.05, 0) is 64.8 Å². The van der Waals surface area contributed by atoms with E-state index in [-0.39, 0.29) is 10.6 Å². The Kier molecular flexibility index (Phi) is 8.60. The van der Waals surface area contributed by atoms with E-state index >= 15 is 0 Å². The van der Waals surface area contributed by atoms with Crippen LogP contribution in [-0.2, 0) is 21.9 Å². The minimum absolute atomic E-state index is 0.0500. The summed E-state index contributed by atoms with van der Waals surface area (Å²) < 4.78 is 32.2. The quantitative estimate of drug-likeness (QED) is 0.226. The first-order valence-electron chi connectivity index (χ1n) is 12.2. The molecule has 3 aromatic carbocycles. The summed E-state index contributed by atoms with van der Waals surface area (Å²) in [6.07, 6.45) is 1.45. The molecule has 208 valence electrons. The fraction of sp³-hybridized carbons (Fsp3) is 0.179. The maximum atomic E-state index is 13.8. The number of anilines is 2. The van der Waals surface area contributed by atoms with Gasteiger partial charge in [-0.25, -0.2) is 22.8 Å². The molecular formula is C28H29BrN6O4S. The second kappa shape index (κ2) is 11.9. The number of hydrogen-bond donors (Lipinski definition) is 1. The first-order valence-corrected chi connectivity index (χ1v) is 14.5. The van der Waals surface area contributed by atoms with Gasteiger partial charge in [0, 0.05) is 25.6 Å². The lowest BCUT2D eigenvalue weighted by Gasteiger charge is -2.22. The molecule has 0 aliphatic heterocycles. The third-order valence-corrected chi connectivity index (χ3v) is 8.64. The van der Waals surface area contributed by atoms with Crippen LogP contribution in [-0.4, -0.2) is 50.5 Å². The lowest BCUT2D eigenvalue weighted by Crippen LogP contribution is -2.42. The number of benzene rings is 3. The van der Waals surface area contributed by atoms with Crippen LogP contribution in [0.15, 0.2) is 98.1 Å². The number of carbonyl (C=O) groups excluding carboxylic acids is 1. The summed E-state index contributed by atoms with van der Waals surface area (Å²) in [6.45, 7) is 0.974. The number of sulfonamides is 1. The highest BCUT2D eigenvalue weighted by Gasteiger charge is 2.33. The van der Waals surface area contributed by atoms with Crippen LogP contribution in [0.25, 0.3) is 5.69 Å². The van der Waals surface area contributed by atoms with E-state index in [1.807, 2.05) is 43.3 Å². The molecule has 0 saturated carbocycles. The van der Waals surface area contributed by atoms with E-state index in [2.05, 4.69) is 26.5 Å². The van der Waals surface area contributed by atoms with E-state index in [4.69, 9.17) is 0 Å². The van der Waals surface area contributed by atoms with Gasteiger partial charge in [0.1, 0.15) is 12.2 Å². The van der Waals surface area contributed by atoms with E-state index in [9.17, 15) is 18.0 Å². The molecule has 1 heterocycles. The van der Waals surface area contributed by atoms with Crippen molar-refractivity contribution in [2.75, 3.05) is 29.8 Å². The van der Waals surface area contributed by atoms with Crippen LogP contribution in [0.1, 0.15) is 11.3 Å². The predicted octanol–water partition coefficient (Wildman–Crippen LogP) is 3.66. The van der Waals surface area contributed by atoms with Gasteiger partial charge in [-0.2, -0.15) is 5.10 Å². The first kappa shape index (κ1) is 28.8. The van der Waals surface area contributed by atoms with Crippen LogP contribution in [0, 0.1) is 6.92 Å². The number of carbonyl (C=O) groups is 1. The number of nitrogens with zero attached hydrogens (tertiary/aromatic N) is 5. The van der Waals surface area contributed by atoms with Gasteiger partial charge in [0.2, 0.25) is 0 Å². The van der Waals surface area contributed by atoms with Gasteiger partial charge in [0.15, 0.2) is 0 Å². The summed E-state index contributed by atoms with van der Waals surface area (Å²) in [6, 6.07) is 22.1. The standard InChI is InChI=1S/C28H29BrN6O4S/c1-20-27(28(37)35(33(20)4)22-11-7-5-8-12-22)34(40(38,39)23-13-9-6-10-14-23)19-26(36)31-30-18-21-15-16-25(32(2)3)24(29)17-21/h5-18H,19H2,1-4H3,(H,31,36)/b30-18-. The van der Waals surface area contributed by atoms with Crippen molar-refractivity contribution in [3.63, 3.8) is 0 Å². The number of hydrogen-bond acceptors (Lipinski definition) is 6. The molecule has 0 saturated heterocycles. The molecule has 0 unspecified atom stereocenters. The molecule has 40 heavy (non-hydrogen) atoms. The fourth-order valence-corrected chi connectivity index (χ4v) is 6.40. The van der Waals surface area contributed by atoms with Crippen LogP contribution in [0.5, 0.6) is 0 Å². The zero-order valence-corrected chi connectivity index (χ0v) is 24.8. The van der Waals surface area contributed by atoms with Gasteiger partial charge in [-0.3, -0.25) is 14.3 Å². The van der Waals surface area contributed by atoms with Gasteiger partial charge in [-0.1, -0.05) is 42.5 Å². The highest BCUT2D eigenvalue weighted by molar-refractivity contribution is 9.10. The molecule has 0 fully saturated rings. The van der Waals surface area contributed by atoms with Crippen molar-refractivity contribution in [2.24, 2.45) is 12.1 Å². The number of amides is 1. The number of nitrogens with one attached hydrogen (secondary N) is 1. The Morgan fingerprint density at radius 1 is 1.02 bits per heavy atom. The Bertz CT molecular complexity index is 1710. The zero-order chi connectivity index (χ0) is 29.0. The van der Waals surface area contributed by atoms with Crippen molar-refractivity contribution in [1.82, 2.24) is 14.8 Å². The molecule has 0 aliphatic carbocycles. The summed E-state index contributed by atoms with van der Waals surface area (Å²) in [4.78, 5) is 28.6. The van der Waals surface area contributed by atoms with Gasteiger partial charge < -0.3 is 4.90 Å². The number of hydrazone groups is 1. The molecule has 12 heteroatoms. The van der Waals surface area contributed by atoms with E-state index in [0.29, 0.717) is 11.4 Å². The minimum atomic E-state index is -4.29.